The highest BCUT2D eigenvalue weighted by Gasteiger charge is 2.23. The Morgan fingerprint density at radius 2 is 1.74 bits per heavy atom. The molecule has 0 bridgehead atoms. The van der Waals surface area contributed by atoms with Gasteiger partial charge in [0.1, 0.15) is 5.69 Å². The van der Waals surface area contributed by atoms with Crippen LogP contribution in [0.4, 0.5) is 5.69 Å². The highest BCUT2D eigenvalue weighted by molar-refractivity contribution is 6.07. The number of nitrogens with one attached hydrogen (secondary N) is 3. The summed E-state index contributed by atoms with van der Waals surface area (Å²) in [4.78, 5) is 39.5. The van der Waals surface area contributed by atoms with Crippen molar-refractivity contribution >= 4 is 23.5 Å². The van der Waals surface area contributed by atoms with E-state index in [4.69, 9.17) is 4.74 Å². The zero-order chi connectivity index (χ0) is 20.0. The molecule has 2 rings (SSSR count). The second-order valence-electron chi connectivity index (χ2n) is 6.11. The van der Waals surface area contributed by atoms with Crippen molar-refractivity contribution in [3.8, 4) is 0 Å². The molecule has 1 aromatic carbocycles. The Kier molecular flexibility index (Phi) is 6.76. The maximum Gasteiger partial charge on any atom is 0.339 e. The van der Waals surface area contributed by atoms with E-state index in [1.54, 1.807) is 31.2 Å². The van der Waals surface area contributed by atoms with Crippen LogP contribution in [0.25, 0.3) is 0 Å². The zero-order valence-corrected chi connectivity index (χ0v) is 16.1. The largest absolute Gasteiger partial charge is 0.465 e. The van der Waals surface area contributed by atoms with E-state index in [-0.39, 0.29) is 11.8 Å². The lowest BCUT2D eigenvalue weighted by Gasteiger charge is -2.07. The van der Waals surface area contributed by atoms with E-state index in [9.17, 15) is 14.4 Å². The van der Waals surface area contributed by atoms with Crippen molar-refractivity contribution in [1.82, 2.24) is 10.3 Å². The van der Waals surface area contributed by atoms with E-state index in [2.05, 4.69) is 15.6 Å². The molecule has 3 N–H and O–H groups in total. The minimum Gasteiger partial charge on any atom is -0.465 e. The van der Waals surface area contributed by atoms with Gasteiger partial charge in [0.25, 0.3) is 11.8 Å². The first-order chi connectivity index (χ1) is 12.9. The molecule has 1 aromatic heterocycles. The summed E-state index contributed by atoms with van der Waals surface area (Å²) in [6, 6.07) is 6.64. The number of aryl methyl sites for hydroxylation is 1. The van der Waals surface area contributed by atoms with E-state index < -0.39 is 5.97 Å². The third-order valence-corrected chi connectivity index (χ3v) is 4.24. The molecule has 1 heterocycles. The molecule has 0 saturated carbocycles. The number of hydrogen-bond donors (Lipinski definition) is 3. The number of aromatic amines is 1. The average molecular weight is 371 g/mol. The molecule has 2 aromatic rings. The van der Waals surface area contributed by atoms with Gasteiger partial charge in [-0.1, -0.05) is 13.8 Å². The minimum atomic E-state index is -0.470. The highest BCUT2D eigenvalue weighted by atomic mass is 16.5. The summed E-state index contributed by atoms with van der Waals surface area (Å²) in [5.41, 5.74) is 3.00. The van der Waals surface area contributed by atoms with Gasteiger partial charge in [0.05, 0.1) is 12.7 Å². The molecular weight excluding hydrogens is 346 g/mol. The summed E-state index contributed by atoms with van der Waals surface area (Å²) >= 11 is 0. The van der Waals surface area contributed by atoms with Crippen LogP contribution in [0.5, 0.6) is 0 Å². The third kappa shape index (κ3) is 4.55. The number of benzene rings is 1. The van der Waals surface area contributed by atoms with Crippen molar-refractivity contribution in [3.63, 3.8) is 0 Å². The predicted octanol–water partition coefficient (Wildman–Crippen LogP) is 3.06. The quantitative estimate of drug-likeness (QED) is 0.651. The fourth-order valence-electron chi connectivity index (χ4n) is 2.77. The summed E-state index contributed by atoms with van der Waals surface area (Å²) < 4.78 is 4.81. The van der Waals surface area contributed by atoms with Crippen LogP contribution in [-0.4, -0.2) is 36.4 Å². The summed E-state index contributed by atoms with van der Waals surface area (Å²) in [7, 11) is 1.31. The Hall–Kier alpha value is -3.09. The van der Waals surface area contributed by atoms with Crippen LogP contribution in [0, 0.1) is 6.92 Å². The maximum atomic E-state index is 12.6. The summed E-state index contributed by atoms with van der Waals surface area (Å²) in [5, 5.41) is 5.57. The fraction of sp³-hybridized carbons (Fsp3) is 0.350. The second kappa shape index (κ2) is 9.02. The first kappa shape index (κ1) is 20.2. The summed E-state index contributed by atoms with van der Waals surface area (Å²) in [5.74, 6) is -0.979. The number of ether oxygens (including phenoxy) is 1. The lowest BCUT2D eigenvalue weighted by molar-refractivity contribution is 0.0598. The first-order valence-corrected chi connectivity index (χ1v) is 8.92. The molecule has 0 atom stereocenters. The van der Waals surface area contributed by atoms with Crippen LogP contribution in [0.2, 0.25) is 0 Å². The SMILES string of the molecule is CCCNC(=O)c1ccc(NC(=O)c2[nH]c(CC)c(C(=O)OC)c2C)cc1. The number of methoxy groups -OCH3 is 1. The maximum absolute atomic E-state index is 12.6. The van der Waals surface area contributed by atoms with Crippen LogP contribution in [-0.2, 0) is 11.2 Å². The van der Waals surface area contributed by atoms with Gasteiger partial charge in [-0.3, -0.25) is 9.59 Å². The van der Waals surface area contributed by atoms with Gasteiger partial charge in [-0.25, -0.2) is 4.79 Å². The smallest absolute Gasteiger partial charge is 0.339 e. The molecule has 7 nitrogen and oxygen atoms in total. The van der Waals surface area contributed by atoms with Gasteiger partial charge in [-0.05, 0) is 49.6 Å². The number of amides is 2. The van der Waals surface area contributed by atoms with E-state index in [0.717, 1.165) is 6.42 Å². The summed E-state index contributed by atoms with van der Waals surface area (Å²) in [6.07, 6.45) is 1.43. The standard InChI is InChI=1S/C20H25N3O4/c1-5-11-21-18(24)13-7-9-14(10-8-13)22-19(25)17-12(3)16(20(26)27-4)15(6-2)23-17/h7-10,23H,5-6,11H2,1-4H3,(H,21,24)(H,22,25). The molecule has 27 heavy (non-hydrogen) atoms. The topological polar surface area (TPSA) is 100 Å². The molecule has 144 valence electrons. The van der Waals surface area contributed by atoms with Gasteiger partial charge in [-0.2, -0.15) is 0 Å². The Labute approximate surface area is 158 Å². The van der Waals surface area contributed by atoms with Crippen LogP contribution < -0.4 is 10.6 Å². The predicted molar refractivity (Wildman–Crippen MR) is 103 cm³/mol. The van der Waals surface area contributed by atoms with E-state index in [0.29, 0.717) is 46.7 Å². The minimum absolute atomic E-state index is 0.148. The van der Waals surface area contributed by atoms with Crippen LogP contribution >= 0.6 is 0 Å². The van der Waals surface area contributed by atoms with Crippen molar-refractivity contribution in [1.29, 1.82) is 0 Å². The number of rotatable bonds is 7. The van der Waals surface area contributed by atoms with Crippen LogP contribution in [0.15, 0.2) is 24.3 Å². The van der Waals surface area contributed by atoms with Crippen molar-refractivity contribution in [3.05, 3.63) is 52.3 Å². The van der Waals surface area contributed by atoms with Crippen molar-refractivity contribution in [2.75, 3.05) is 19.0 Å². The van der Waals surface area contributed by atoms with Crippen molar-refractivity contribution in [2.24, 2.45) is 0 Å². The first-order valence-electron chi connectivity index (χ1n) is 8.92. The molecule has 0 aliphatic rings. The molecule has 0 fully saturated rings. The van der Waals surface area contributed by atoms with Gasteiger partial charge in [0.15, 0.2) is 0 Å². The second-order valence-corrected chi connectivity index (χ2v) is 6.11. The van der Waals surface area contributed by atoms with Gasteiger partial charge in [0.2, 0.25) is 0 Å². The molecule has 0 spiro atoms. The van der Waals surface area contributed by atoms with Crippen LogP contribution in [0.3, 0.4) is 0 Å². The van der Waals surface area contributed by atoms with Crippen molar-refractivity contribution < 1.29 is 19.1 Å². The van der Waals surface area contributed by atoms with E-state index in [1.165, 1.54) is 7.11 Å². The van der Waals surface area contributed by atoms with Gasteiger partial charge < -0.3 is 20.4 Å². The summed E-state index contributed by atoms with van der Waals surface area (Å²) in [6.45, 7) is 6.20. The number of aromatic nitrogens is 1. The van der Waals surface area contributed by atoms with E-state index >= 15 is 0 Å². The molecule has 0 saturated heterocycles. The lowest BCUT2D eigenvalue weighted by Crippen LogP contribution is -2.23. The van der Waals surface area contributed by atoms with E-state index in [1.807, 2.05) is 13.8 Å². The van der Waals surface area contributed by atoms with Gasteiger partial charge >= 0.3 is 5.97 Å². The van der Waals surface area contributed by atoms with Crippen LogP contribution in [0.1, 0.15) is 62.7 Å². The lowest BCUT2D eigenvalue weighted by atomic mass is 10.1. The average Bonchev–Trinajstić information content (AvgIpc) is 3.02. The highest BCUT2D eigenvalue weighted by Crippen LogP contribution is 2.21. The monoisotopic (exact) mass is 371 g/mol. The van der Waals surface area contributed by atoms with Gasteiger partial charge in [0, 0.05) is 23.5 Å². The Balaban J connectivity index is 2.17. The Morgan fingerprint density at radius 3 is 2.30 bits per heavy atom. The molecule has 0 aliphatic carbocycles. The molecule has 2 amide bonds. The third-order valence-electron chi connectivity index (χ3n) is 4.24. The Bertz CT molecular complexity index is 838. The number of hydrogen-bond acceptors (Lipinski definition) is 4. The van der Waals surface area contributed by atoms with Gasteiger partial charge in [-0.15, -0.1) is 0 Å². The number of anilines is 1. The van der Waals surface area contributed by atoms with Crippen molar-refractivity contribution in [2.45, 2.75) is 33.6 Å². The fourth-order valence-corrected chi connectivity index (χ4v) is 2.77. The number of carbonyl (C=O) groups is 3. The molecule has 0 radical (unpaired) electrons. The molecule has 0 aliphatic heterocycles. The Morgan fingerprint density at radius 1 is 1.07 bits per heavy atom. The normalized spacial score (nSPS) is 10.4. The number of H-pyrrole nitrogens is 1. The molecule has 0 unspecified atom stereocenters. The molecule has 7 heteroatoms. The molecular formula is C20H25N3O4. The number of esters is 1. The number of carbonyl (C=O) groups excluding carboxylic acids is 3. The zero-order valence-electron chi connectivity index (χ0n) is 16.1.